The lowest BCUT2D eigenvalue weighted by Gasteiger charge is -2.17. The first-order chi connectivity index (χ1) is 9.61. The monoisotopic (exact) mass is 272 g/mol. The van der Waals surface area contributed by atoms with Crippen molar-refractivity contribution in [1.82, 2.24) is 0 Å². The summed E-state index contributed by atoms with van der Waals surface area (Å²) in [5.74, 6) is 0.751. The molecular formula is C16H16O4. The minimum absolute atomic E-state index is 0.0190. The van der Waals surface area contributed by atoms with Crippen LogP contribution in [0.5, 0.6) is 17.2 Å². The maximum Gasteiger partial charge on any atom is 0.125 e. The highest BCUT2D eigenvalue weighted by Crippen LogP contribution is 2.47. The fraction of sp³-hybridized carbons (Fsp3) is 0.250. The zero-order chi connectivity index (χ0) is 14.3. The third-order valence-electron chi connectivity index (χ3n) is 3.58. The Labute approximate surface area is 117 Å². The van der Waals surface area contributed by atoms with Gasteiger partial charge in [0.25, 0.3) is 0 Å². The lowest BCUT2D eigenvalue weighted by Crippen LogP contribution is -2.02. The standard InChI is InChI=1S/C16H16O4/c1-9-6-10-8-20-16(14(10)13(7-9)19-2)15-11(17)4-3-5-12(15)18/h3-7,16-18H,8H2,1-2H3. The van der Waals surface area contributed by atoms with Gasteiger partial charge in [-0.15, -0.1) is 0 Å². The second-order valence-electron chi connectivity index (χ2n) is 4.94. The van der Waals surface area contributed by atoms with E-state index in [-0.39, 0.29) is 11.5 Å². The Morgan fingerprint density at radius 2 is 1.85 bits per heavy atom. The summed E-state index contributed by atoms with van der Waals surface area (Å²) >= 11 is 0. The summed E-state index contributed by atoms with van der Waals surface area (Å²) in [6.45, 7) is 2.43. The van der Waals surface area contributed by atoms with Crippen molar-refractivity contribution in [2.75, 3.05) is 7.11 Å². The number of phenols is 2. The highest BCUT2D eigenvalue weighted by atomic mass is 16.5. The molecule has 1 aliphatic rings. The smallest absolute Gasteiger partial charge is 0.125 e. The summed E-state index contributed by atoms with van der Waals surface area (Å²) in [5.41, 5.74) is 3.36. The lowest BCUT2D eigenvalue weighted by molar-refractivity contribution is 0.0892. The Kier molecular flexibility index (Phi) is 3.03. The SMILES string of the molecule is COc1cc(C)cc2c1C(c1c(O)cccc1O)OC2. The van der Waals surface area contributed by atoms with Crippen molar-refractivity contribution >= 4 is 0 Å². The van der Waals surface area contributed by atoms with E-state index >= 15 is 0 Å². The Balaban J connectivity index is 2.18. The Hall–Kier alpha value is -2.20. The zero-order valence-electron chi connectivity index (χ0n) is 11.4. The highest BCUT2D eigenvalue weighted by molar-refractivity contribution is 5.55. The maximum atomic E-state index is 10.0. The number of hydrogen-bond acceptors (Lipinski definition) is 4. The van der Waals surface area contributed by atoms with Gasteiger partial charge in [-0.1, -0.05) is 12.1 Å². The third-order valence-corrected chi connectivity index (χ3v) is 3.58. The molecule has 0 aliphatic carbocycles. The number of hydrogen-bond donors (Lipinski definition) is 2. The quantitative estimate of drug-likeness (QED) is 0.882. The van der Waals surface area contributed by atoms with Gasteiger partial charge in [-0.3, -0.25) is 0 Å². The summed E-state index contributed by atoms with van der Waals surface area (Å²) in [7, 11) is 1.61. The second kappa shape index (κ2) is 4.72. The zero-order valence-corrected chi connectivity index (χ0v) is 11.4. The van der Waals surface area contributed by atoms with Crippen molar-refractivity contribution in [2.24, 2.45) is 0 Å². The second-order valence-corrected chi connectivity index (χ2v) is 4.94. The van der Waals surface area contributed by atoms with Crippen molar-refractivity contribution in [1.29, 1.82) is 0 Å². The molecule has 0 bridgehead atoms. The van der Waals surface area contributed by atoms with Crippen LogP contribution in [0.4, 0.5) is 0 Å². The summed E-state index contributed by atoms with van der Waals surface area (Å²) in [6.07, 6.45) is -0.512. The minimum atomic E-state index is -0.512. The largest absolute Gasteiger partial charge is 0.507 e. The number of aryl methyl sites for hydroxylation is 1. The van der Waals surface area contributed by atoms with Gasteiger partial charge in [0, 0.05) is 5.56 Å². The average Bonchev–Trinajstić information content (AvgIpc) is 2.81. The van der Waals surface area contributed by atoms with Gasteiger partial charge in [0.1, 0.15) is 23.4 Å². The summed E-state index contributed by atoms with van der Waals surface area (Å²) in [4.78, 5) is 0. The van der Waals surface area contributed by atoms with E-state index in [1.165, 1.54) is 12.1 Å². The van der Waals surface area contributed by atoms with Crippen LogP contribution < -0.4 is 4.74 Å². The van der Waals surface area contributed by atoms with Crippen LogP contribution in [-0.4, -0.2) is 17.3 Å². The van der Waals surface area contributed by atoms with Gasteiger partial charge < -0.3 is 19.7 Å². The Bertz CT molecular complexity index is 644. The number of phenolic OH excluding ortho intramolecular Hbond substituents is 2. The predicted octanol–water partition coefficient (Wildman–Crippen LogP) is 3.03. The van der Waals surface area contributed by atoms with Crippen LogP contribution in [0.3, 0.4) is 0 Å². The van der Waals surface area contributed by atoms with Crippen LogP contribution in [0.25, 0.3) is 0 Å². The number of ether oxygens (including phenoxy) is 2. The molecule has 0 amide bonds. The van der Waals surface area contributed by atoms with E-state index in [1.54, 1.807) is 13.2 Å². The van der Waals surface area contributed by atoms with Gasteiger partial charge >= 0.3 is 0 Å². The van der Waals surface area contributed by atoms with Crippen LogP contribution in [0.1, 0.15) is 28.4 Å². The molecule has 0 saturated heterocycles. The van der Waals surface area contributed by atoms with Gasteiger partial charge in [-0.25, -0.2) is 0 Å². The van der Waals surface area contributed by atoms with E-state index in [2.05, 4.69) is 0 Å². The van der Waals surface area contributed by atoms with Crippen molar-refractivity contribution in [3.8, 4) is 17.2 Å². The molecule has 1 atom stereocenters. The molecule has 0 radical (unpaired) electrons. The first-order valence-corrected chi connectivity index (χ1v) is 6.41. The van der Waals surface area contributed by atoms with Gasteiger partial charge in [0.15, 0.2) is 0 Å². The van der Waals surface area contributed by atoms with Crippen molar-refractivity contribution in [3.63, 3.8) is 0 Å². The molecule has 104 valence electrons. The fourth-order valence-corrected chi connectivity index (χ4v) is 2.72. The molecule has 1 unspecified atom stereocenters. The fourth-order valence-electron chi connectivity index (χ4n) is 2.72. The molecule has 0 spiro atoms. The van der Waals surface area contributed by atoms with Crippen molar-refractivity contribution in [3.05, 3.63) is 52.6 Å². The van der Waals surface area contributed by atoms with Gasteiger partial charge in [0.05, 0.1) is 19.3 Å². The molecule has 0 fully saturated rings. The molecule has 2 aromatic carbocycles. The van der Waals surface area contributed by atoms with Crippen LogP contribution in [-0.2, 0) is 11.3 Å². The molecule has 0 saturated carbocycles. The molecule has 4 nitrogen and oxygen atoms in total. The molecule has 1 aliphatic heterocycles. The molecular weight excluding hydrogens is 256 g/mol. The number of methoxy groups -OCH3 is 1. The number of aromatic hydroxyl groups is 2. The average molecular weight is 272 g/mol. The van der Waals surface area contributed by atoms with Crippen LogP contribution in [0.2, 0.25) is 0 Å². The molecule has 3 rings (SSSR count). The Morgan fingerprint density at radius 3 is 2.50 bits per heavy atom. The van der Waals surface area contributed by atoms with E-state index in [0.29, 0.717) is 17.9 Å². The van der Waals surface area contributed by atoms with Gasteiger partial charge in [-0.05, 0) is 36.2 Å². The van der Waals surface area contributed by atoms with Crippen LogP contribution >= 0.6 is 0 Å². The van der Waals surface area contributed by atoms with E-state index in [4.69, 9.17) is 9.47 Å². The predicted molar refractivity (Wildman–Crippen MR) is 74.1 cm³/mol. The van der Waals surface area contributed by atoms with E-state index in [0.717, 1.165) is 16.7 Å². The van der Waals surface area contributed by atoms with E-state index < -0.39 is 6.10 Å². The molecule has 2 N–H and O–H groups in total. The molecule has 2 aromatic rings. The summed E-state index contributed by atoms with van der Waals surface area (Å²) in [5, 5.41) is 20.0. The number of rotatable bonds is 2. The third kappa shape index (κ3) is 1.89. The normalized spacial score (nSPS) is 17.0. The summed E-state index contributed by atoms with van der Waals surface area (Å²) < 4.78 is 11.2. The first kappa shape index (κ1) is 12.8. The van der Waals surface area contributed by atoms with Crippen LogP contribution in [0.15, 0.2) is 30.3 Å². The molecule has 4 heteroatoms. The summed E-state index contributed by atoms with van der Waals surface area (Å²) in [6, 6.07) is 8.64. The number of fused-ring (bicyclic) bond motifs is 1. The molecule has 0 aromatic heterocycles. The lowest BCUT2D eigenvalue weighted by atomic mass is 9.95. The van der Waals surface area contributed by atoms with E-state index in [9.17, 15) is 10.2 Å². The van der Waals surface area contributed by atoms with E-state index in [1.807, 2.05) is 19.1 Å². The van der Waals surface area contributed by atoms with Gasteiger partial charge in [-0.2, -0.15) is 0 Å². The topological polar surface area (TPSA) is 58.9 Å². The van der Waals surface area contributed by atoms with Gasteiger partial charge in [0.2, 0.25) is 0 Å². The molecule has 20 heavy (non-hydrogen) atoms. The Morgan fingerprint density at radius 1 is 1.15 bits per heavy atom. The number of benzene rings is 2. The molecule has 1 heterocycles. The van der Waals surface area contributed by atoms with Crippen molar-refractivity contribution in [2.45, 2.75) is 19.6 Å². The van der Waals surface area contributed by atoms with Crippen molar-refractivity contribution < 1.29 is 19.7 Å². The maximum absolute atomic E-state index is 10.0. The highest BCUT2D eigenvalue weighted by Gasteiger charge is 2.32. The minimum Gasteiger partial charge on any atom is -0.507 e. The van der Waals surface area contributed by atoms with Crippen LogP contribution in [0, 0.1) is 6.92 Å². The first-order valence-electron chi connectivity index (χ1n) is 6.41.